The summed E-state index contributed by atoms with van der Waals surface area (Å²) in [6.07, 6.45) is 5.93. The first-order valence-corrected chi connectivity index (χ1v) is 16.8. The second-order valence-corrected chi connectivity index (χ2v) is 16.6. The summed E-state index contributed by atoms with van der Waals surface area (Å²) in [4.78, 5) is 14.8. The third-order valence-electron chi connectivity index (χ3n) is 7.99. The van der Waals surface area contributed by atoms with Crippen LogP contribution in [0.15, 0.2) is 48.5 Å². The Morgan fingerprint density at radius 3 is 2.30 bits per heavy atom. The number of hydrogen-bond acceptors (Lipinski definition) is 4. The molecule has 0 N–H and O–H groups in total. The molecule has 6 heteroatoms. The van der Waals surface area contributed by atoms with Gasteiger partial charge in [-0.25, -0.2) is 0 Å². The van der Waals surface area contributed by atoms with E-state index in [-0.39, 0.29) is 23.1 Å². The monoisotopic (exact) mass is 525 g/mol. The van der Waals surface area contributed by atoms with Crippen LogP contribution in [0.2, 0.25) is 18.1 Å². The fourth-order valence-electron chi connectivity index (χ4n) is 4.47. The second-order valence-electron chi connectivity index (χ2n) is 11.8. The first-order chi connectivity index (χ1) is 17.6. The number of anilines is 1. The van der Waals surface area contributed by atoms with Crippen molar-refractivity contribution in [3.63, 3.8) is 0 Å². The number of hydrogen-bond donors (Lipinski definition) is 0. The summed E-state index contributed by atoms with van der Waals surface area (Å²) < 4.78 is 18.2. The van der Waals surface area contributed by atoms with Crippen LogP contribution in [0.3, 0.4) is 0 Å². The lowest BCUT2D eigenvalue weighted by molar-refractivity contribution is -0.117. The van der Waals surface area contributed by atoms with Crippen LogP contribution in [0.25, 0.3) is 0 Å². The summed E-state index contributed by atoms with van der Waals surface area (Å²) in [7, 11) is -0.190. The Morgan fingerprint density at radius 2 is 1.70 bits per heavy atom. The standard InChI is InChI=1S/C31H47NO4Si/c1-8-9-10-11-29(35-22-24-12-19-28(34-5)20-13-24)25-14-16-26(17-15-25)32-27(18-21-30(32)33)23-36-37(6,7)31(2,3)4/h12-17,19-20,27,29H,8-11,18,21-23H2,1-7H3/t27-,29?/m1/s1. The van der Waals surface area contributed by atoms with E-state index >= 15 is 0 Å². The van der Waals surface area contributed by atoms with Crippen molar-refractivity contribution in [3.05, 3.63) is 59.7 Å². The molecule has 2 aromatic rings. The highest BCUT2D eigenvalue weighted by Crippen LogP contribution is 2.38. The second kappa shape index (κ2) is 13.1. The molecule has 0 aromatic heterocycles. The first-order valence-electron chi connectivity index (χ1n) is 13.9. The fraction of sp³-hybridized carbons (Fsp3) is 0.581. The Labute approximate surface area is 225 Å². The average Bonchev–Trinajstić information content (AvgIpc) is 3.25. The molecule has 1 aliphatic rings. The van der Waals surface area contributed by atoms with Crippen LogP contribution in [0.5, 0.6) is 5.75 Å². The molecule has 1 saturated heterocycles. The molecule has 0 saturated carbocycles. The van der Waals surface area contributed by atoms with Crippen molar-refractivity contribution < 1.29 is 18.7 Å². The van der Waals surface area contributed by atoms with E-state index in [2.05, 4.69) is 77.2 Å². The fourth-order valence-corrected chi connectivity index (χ4v) is 5.51. The van der Waals surface area contributed by atoms with Crippen LogP contribution in [-0.4, -0.2) is 34.0 Å². The lowest BCUT2D eigenvalue weighted by atomic mass is 10.0. The van der Waals surface area contributed by atoms with Crippen LogP contribution >= 0.6 is 0 Å². The van der Waals surface area contributed by atoms with E-state index in [9.17, 15) is 4.79 Å². The maximum Gasteiger partial charge on any atom is 0.227 e. The van der Waals surface area contributed by atoms with Gasteiger partial charge in [-0.15, -0.1) is 0 Å². The van der Waals surface area contributed by atoms with Crippen LogP contribution in [0, 0.1) is 0 Å². The van der Waals surface area contributed by atoms with Crippen molar-refractivity contribution in [1.82, 2.24) is 0 Å². The maximum atomic E-state index is 12.9. The van der Waals surface area contributed by atoms with E-state index in [0.29, 0.717) is 19.6 Å². The SMILES string of the molecule is CCCCCC(OCc1ccc(OC)cc1)c1ccc(N2C(=O)CC[C@@H]2CO[Si](C)(C)C(C)(C)C)cc1. The number of methoxy groups -OCH3 is 1. The van der Waals surface area contributed by atoms with Gasteiger partial charge < -0.3 is 18.8 Å². The molecule has 1 fully saturated rings. The molecule has 1 heterocycles. The van der Waals surface area contributed by atoms with Crippen LogP contribution in [0.1, 0.15) is 83.5 Å². The number of ether oxygens (including phenoxy) is 2. The van der Waals surface area contributed by atoms with Gasteiger partial charge >= 0.3 is 0 Å². The molecule has 2 atom stereocenters. The average molecular weight is 526 g/mol. The molecule has 5 nitrogen and oxygen atoms in total. The number of carbonyl (C=O) groups is 1. The summed E-state index contributed by atoms with van der Waals surface area (Å²) in [6, 6.07) is 16.6. The molecule has 1 amide bonds. The number of carbonyl (C=O) groups excluding carboxylic acids is 1. The molecular weight excluding hydrogens is 478 g/mol. The molecule has 1 aliphatic heterocycles. The molecule has 204 valence electrons. The molecule has 2 aromatic carbocycles. The summed E-state index contributed by atoms with van der Waals surface area (Å²) >= 11 is 0. The Morgan fingerprint density at radius 1 is 1.03 bits per heavy atom. The highest BCUT2D eigenvalue weighted by Gasteiger charge is 2.40. The Bertz CT molecular complexity index is 982. The summed E-state index contributed by atoms with van der Waals surface area (Å²) in [5.74, 6) is 1.04. The predicted octanol–water partition coefficient (Wildman–Crippen LogP) is 8.05. The number of nitrogens with zero attached hydrogens (tertiary/aromatic N) is 1. The summed E-state index contributed by atoms with van der Waals surface area (Å²) in [5.41, 5.74) is 3.25. The lowest BCUT2D eigenvalue weighted by Gasteiger charge is -2.38. The van der Waals surface area contributed by atoms with Gasteiger partial charge in [-0.3, -0.25) is 4.79 Å². The van der Waals surface area contributed by atoms with Crippen LogP contribution < -0.4 is 9.64 Å². The third-order valence-corrected chi connectivity index (χ3v) is 12.5. The summed E-state index contributed by atoms with van der Waals surface area (Å²) in [5, 5.41) is 0.153. The van der Waals surface area contributed by atoms with E-state index in [1.54, 1.807) is 7.11 Å². The molecule has 0 aliphatic carbocycles. The topological polar surface area (TPSA) is 48.0 Å². The van der Waals surface area contributed by atoms with Gasteiger partial charge in [-0.2, -0.15) is 0 Å². The zero-order valence-electron chi connectivity index (χ0n) is 24.0. The number of unbranched alkanes of at least 4 members (excludes halogenated alkanes) is 2. The summed E-state index contributed by atoms with van der Waals surface area (Å²) in [6.45, 7) is 14.7. The molecule has 0 radical (unpaired) electrons. The minimum absolute atomic E-state index is 0.0229. The van der Waals surface area contributed by atoms with Gasteiger partial charge in [0.25, 0.3) is 0 Å². The molecule has 1 unspecified atom stereocenters. The number of amides is 1. The van der Waals surface area contributed by atoms with Gasteiger partial charge in [0.05, 0.1) is 32.5 Å². The quantitative estimate of drug-likeness (QED) is 0.196. The van der Waals surface area contributed by atoms with Crippen molar-refractivity contribution >= 4 is 19.9 Å². The van der Waals surface area contributed by atoms with Gasteiger partial charge in [0, 0.05) is 12.1 Å². The maximum absolute atomic E-state index is 12.9. The highest BCUT2D eigenvalue weighted by atomic mass is 28.4. The first kappa shape index (κ1) is 29.4. The van der Waals surface area contributed by atoms with E-state index in [1.807, 2.05) is 17.0 Å². The van der Waals surface area contributed by atoms with E-state index < -0.39 is 8.32 Å². The van der Waals surface area contributed by atoms with E-state index in [4.69, 9.17) is 13.9 Å². The minimum Gasteiger partial charge on any atom is -0.497 e. The molecule has 37 heavy (non-hydrogen) atoms. The van der Waals surface area contributed by atoms with Crippen LogP contribution in [-0.2, 0) is 20.6 Å². The molecular formula is C31H47NO4Si. The molecule has 3 rings (SSSR count). The van der Waals surface area contributed by atoms with Gasteiger partial charge in [-0.05, 0) is 66.4 Å². The number of benzene rings is 2. The van der Waals surface area contributed by atoms with E-state index in [0.717, 1.165) is 41.8 Å². The third kappa shape index (κ3) is 7.92. The normalized spacial score (nSPS) is 17.3. The van der Waals surface area contributed by atoms with Crippen LogP contribution in [0.4, 0.5) is 5.69 Å². The van der Waals surface area contributed by atoms with Crippen molar-refractivity contribution in [3.8, 4) is 5.75 Å². The van der Waals surface area contributed by atoms with Gasteiger partial charge in [0.15, 0.2) is 8.32 Å². The number of rotatable bonds is 13. The van der Waals surface area contributed by atoms with E-state index in [1.165, 1.54) is 12.8 Å². The van der Waals surface area contributed by atoms with Crippen molar-refractivity contribution in [1.29, 1.82) is 0 Å². The highest BCUT2D eigenvalue weighted by molar-refractivity contribution is 6.74. The lowest BCUT2D eigenvalue weighted by Crippen LogP contribution is -2.45. The van der Waals surface area contributed by atoms with Crippen molar-refractivity contribution in [2.24, 2.45) is 0 Å². The Hall–Kier alpha value is -2.15. The largest absolute Gasteiger partial charge is 0.497 e. The Balaban J connectivity index is 1.70. The molecule has 0 bridgehead atoms. The zero-order valence-corrected chi connectivity index (χ0v) is 25.0. The molecule has 0 spiro atoms. The van der Waals surface area contributed by atoms with Crippen molar-refractivity contribution in [2.45, 2.75) is 103 Å². The van der Waals surface area contributed by atoms with Crippen molar-refractivity contribution in [2.75, 3.05) is 18.6 Å². The zero-order chi connectivity index (χ0) is 27.1. The van der Waals surface area contributed by atoms with Gasteiger partial charge in [0.2, 0.25) is 5.91 Å². The predicted molar refractivity (Wildman–Crippen MR) is 155 cm³/mol. The van der Waals surface area contributed by atoms with Gasteiger partial charge in [-0.1, -0.05) is 71.2 Å². The minimum atomic E-state index is -1.87. The smallest absolute Gasteiger partial charge is 0.227 e. The van der Waals surface area contributed by atoms with Gasteiger partial charge in [0.1, 0.15) is 5.75 Å². The Kier molecular flexibility index (Phi) is 10.4.